The molecule has 5 N–H and O–H groups in total. The number of hydrogen-bond acceptors (Lipinski definition) is 6. The highest BCUT2D eigenvalue weighted by atomic mass is 16.3. The van der Waals surface area contributed by atoms with Gasteiger partial charge in [-0.1, -0.05) is 50.3 Å². The summed E-state index contributed by atoms with van der Waals surface area (Å²) in [6.07, 6.45) is 7.38. The van der Waals surface area contributed by atoms with Gasteiger partial charge in [-0.05, 0) is 67.9 Å². The smallest absolute Gasteiger partial charge is 0.235 e. The molecular formula is C32H38N2O6. The third-order valence-corrected chi connectivity index (χ3v) is 9.60. The average Bonchev–Trinajstić information content (AvgIpc) is 3.45. The van der Waals surface area contributed by atoms with Crippen LogP contribution in [0.25, 0.3) is 10.9 Å². The highest BCUT2D eigenvalue weighted by Crippen LogP contribution is 2.58. The zero-order valence-corrected chi connectivity index (χ0v) is 23.3. The molecule has 1 aliphatic heterocycles. The van der Waals surface area contributed by atoms with E-state index in [-0.39, 0.29) is 5.92 Å². The summed E-state index contributed by atoms with van der Waals surface area (Å²) in [6.45, 7) is 6.91. The molecular weight excluding hydrogens is 508 g/mol. The second-order valence-electron chi connectivity index (χ2n) is 12.1. The SMILES string of the molecule is C/C1=C\[C@@H](C)C/C=C/[C@H]2[C@H](O)[C@@](C)(O)[C@@H](C)[C@H]3[C@H](Cc4c[nH]c5ccccc45)NC(=O)[C@]32C(=O)/C=C/C(=O)[C@@H]1O. The van der Waals surface area contributed by atoms with Gasteiger partial charge in [0.15, 0.2) is 11.6 Å². The second kappa shape index (κ2) is 10.3. The van der Waals surface area contributed by atoms with Crippen molar-refractivity contribution in [2.75, 3.05) is 0 Å². The number of amides is 1. The van der Waals surface area contributed by atoms with Crippen LogP contribution in [0.15, 0.2) is 66.4 Å². The number of carbonyl (C=O) groups is 3. The average molecular weight is 547 g/mol. The highest BCUT2D eigenvalue weighted by molar-refractivity contribution is 6.15. The fourth-order valence-electron chi connectivity index (χ4n) is 7.28. The van der Waals surface area contributed by atoms with Crippen LogP contribution in [0.4, 0.5) is 0 Å². The number of nitrogens with one attached hydrogen (secondary N) is 2. The molecule has 5 rings (SSSR count). The van der Waals surface area contributed by atoms with E-state index in [1.807, 2.05) is 43.5 Å². The highest BCUT2D eigenvalue weighted by Gasteiger charge is 2.71. The van der Waals surface area contributed by atoms with E-state index in [0.717, 1.165) is 28.6 Å². The number of aliphatic hydroxyl groups excluding tert-OH is 2. The third kappa shape index (κ3) is 4.29. The molecule has 1 amide bonds. The van der Waals surface area contributed by atoms with Crippen molar-refractivity contribution in [1.29, 1.82) is 0 Å². The topological polar surface area (TPSA) is 140 Å². The van der Waals surface area contributed by atoms with Crippen LogP contribution in [0, 0.1) is 29.1 Å². The van der Waals surface area contributed by atoms with E-state index in [1.165, 1.54) is 0 Å². The monoisotopic (exact) mass is 546 g/mol. The van der Waals surface area contributed by atoms with Crippen molar-refractivity contribution >= 4 is 28.4 Å². The number of aliphatic hydroxyl groups is 3. The molecule has 1 spiro atoms. The van der Waals surface area contributed by atoms with E-state index < -0.39 is 64.5 Å². The van der Waals surface area contributed by atoms with Crippen LogP contribution >= 0.6 is 0 Å². The predicted molar refractivity (Wildman–Crippen MR) is 151 cm³/mol. The van der Waals surface area contributed by atoms with Crippen LogP contribution in [-0.2, 0) is 20.8 Å². The van der Waals surface area contributed by atoms with Crippen molar-refractivity contribution in [3.8, 4) is 0 Å². The minimum atomic E-state index is -1.75. The van der Waals surface area contributed by atoms with Gasteiger partial charge in [-0.3, -0.25) is 14.4 Å². The largest absolute Gasteiger partial charge is 0.389 e. The van der Waals surface area contributed by atoms with Crippen molar-refractivity contribution in [3.05, 3.63) is 72.0 Å². The standard InChI is InChI=1S/C32H38N2O6/c1-17-8-7-10-22-29(38)31(4,40)19(3)27-24(15-20-16-33-23-11-6-5-9-21(20)23)34-30(39)32(22,27)26(36)13-12-25(35)28(37)18(2)14-17/h5-7,9-14,16-17,19,22,24,27-29,33,37-38,40H,8,15H2,1-4H3,(H,34,39)/b10-7+,13-12+,18-14+/t17-,19-,22-,24-,27-,28+,29-,31-,32+/m0/s1. The van der Waals surface area contributed by atoms with Crippen molar-refractivity contribution in [3.63, 3.8) is 0 Å². The lowest BCUT2D eigenvalue weighted by Crippen LogP contribution is -2.67. The van der Waals surface area contributed by atoms with Crippen molar-refractivity contribution in [2.24, 2.45) is 29.1 Å². The summed E-state index contributed by atoms with van der Waals surface area (Å²) in [7, 11) is 0. The number of ketones is 2. The molecule has 8 nitrogen and oxygen atoms in total. The summed E-state index contributed by atoms with van der Waals surface area (Å²) in [5.74, 6) is -4.25. The first-order valence-electron chi connectivity index (χ1n) is 14.0. The van der Waals surface area contributed by atoms with Gasteiger partial charge in [-0.15, -0.1) is 0 Å². The molecule has 1 aromatic heterocycles. The summed E-state index contributed by atoms with van der Waals surface area (Å²) in [6, 6.07) is 7.30. The van der Waals surface area contributed by atoms with Crippen LogP contribution in [0.2, 0.25) is 0 Å². The first-order chi connectivity index (χ1) is 18.9. The summed E-state index contributed by atoms with van der Waals surface area (Å²) in [5.41, 5.74) is -0.961. The normalized spacial score (nSPS) is 41.5. The van der Waals surface area contributed by atoms with E-state index in [2.05, 4.69) is 10.3 Å². The Hall–Kier alpha value is -3.33. The Morgan fingerprint density at radius 2 is 1.80 bits per heavy atom. The fourth-order valence-corrected chi connectivity index (χ4v) is 7.28. The van der Waals surface area contributed by atoms with E-state index >= 15 is 0 Å². The van der Waals surface area contributed by atoms with Gasteiger partial charge < -0.3 is 25.6 Å². The number of aromatic amines is 1. The molecule has 0 unspecified atom stereocenters. The minimum Gasteiger partial charge on any atom is -0.389 e. The maximum absolute atomic E-state index is 14.2. The Morgan fingerprint density at radius 3 is 2.55 bits per heavy atom. The summed E-state index contributed by atoms with van der Waals surface area (Å²) < 4.78 is 0. The molecule has 40 heavy (non-hydrogen) atoms. The number of hydrogen-bond donors (Lipinski definition) is 5. The van der Waals surface area contributed by atoms with Crippen LogP contribution in [0.5, 0.6) is 0 Å². The number of fused-ring (bicyclic) bond motifs is 1. The Kier molecular flexibility index (Phi) is 7.23. The first-order valence-corrected chi connectivity index (χ1v) is 14.0. The van der Waals surface area contributed by atoms with E-state index in [1.54, 1.807) is 32.9 Å². The number of carbonyl (C=O) groups excluding carboxylic acids is 3. The minimum absolute atomic E-state index is 0.0573. The molecule has 1 saturated heterocycles. The van der Waals surface area contributed by atoms with Gasteiger partial charge in [0.25, 0.3) is 0 Å². The van der Waals surface area contributed by atoms with E-state index in [9.17, 15) is 29.7 Å². The molecule has 1 saturated carbocycles. The molecule has 2 fully saturated rings. The van der Waals surface area contributed by atoms with E-state index in [4.69, 9.17) is 0 Å². The van der Waals surface area contributed by atoms with Crippen LogP contribution < -0.4 is 5.32 Å². The molecule has 212 valence electrons. The van der Waals surface area contributed by atoms with Gasteiger partial charge in [-0.2, -0.15) is 0 Å². The number of allylic oxidation sites excluding steroid dienone is 3. The predicted octanol–water partition coefficient (Wildman–Crippen LogP) is 2.79. The van der Waals surface area contributed by atoms with Crippen LogP contribution in [0.3, 0.4) is 0 Å². The lowest BCUT2D eigenvalue weighted by atomic mass is 9.49. The maximum atomic E-state index is 14.2. The lowest BCUT2D eigenvalue weighted by molar-refractivity contribution is -0.197. The molecule has 2 aromatic rings. The molecule has 0 bridgehead atoms. The van der Waals surface area contributed by atoms with Gasteiger partial charge in [0.1, 0.15) is 11.5 Å². The number of para-hydroxylation sites is 1. The lowest BCUT2D eigenvalue weighted by Gasteiger charge is -2.54. The molecule has 2 heterocycles. The van der Waals surface area contributed by atoms with Gasteiger partial charge in [-0.25, -0.2) is 0 Å². The molecule has 1 aromatic carbocycles. The van der Waals surface area contributed by atoms with Gasteiger partial charge in [0.2, 0.25) is 5.91 Å². The molecule has 8 heteroatoms. The molecule has 9 atom stereocenters. The molecule has 2 aliphatic carbocycles. The Bertz CT molecular complexity index is 1430. The summed E-state index contributed by atoms with van der Waals surface area (Å²) in [4.78, 5) is 44.3. The number of aromatic nitrogens is 1. The van der Waals surface area contributed by atoms with Crippen molar-refractivity contribution < 1.29 is 29.7 Å². The van der Waals surface area contributed by atoms with Crippen molar-refractivity contribution in [1.82, 2.24) is 10.3 Å². The second-order valence-corrected chi connectivity index (χ2v) is 12.1. The number of rotatable bonds is 2. The number of H-pyrrole nitrogens is 1. The van der Waals surface area contributed by atoms with E-state index in [0.29, 0.717) is 18.4 Å². The summed E-state index contributed by atoms with van der Waals surface area (Å²) in [5, 5.41) is 37.8. The van der Waals surface area contributed by atoms with Gasteiger partial charge in [0.05, 0.1) is 11.7 Å². The first kappa shape index (κ1) is 28.2. The molecule has 0 radical (unpaired) electrons. The zero-order valence-electron chi connectivity index (χ0n) is 23.3. The van der Waals surface area contributed by atoms with Crippen LogP contribution in [0.1, 0.15) is 39.7 Å². The Morgan fingerprint density at radius 1 is 1.07 bits per heavy atom. The van der Waals surface area contributed by atoms with Crippen LogP contribution in [-0.4, -0.2) is 61.6 Å². The Balaban J connectivity index is 1.66. The van der Waals surface area contributed by atoms with Crippen molar-refractivity contribution in [2.45, 2.75) is 64.4 Å². The maximum Gasteiger partial charge on any atom is 0.235 e. The fraction of sp³-hybridized carbons (Fsp3) is 0.469. The molecule has 3 aliphatic rings. The zero-order chi connectivity index (χ0) is 29.0. The quantitative estimate of drug-likeness (QED) is 0.290. The van der Waals surface area contributed by atoms with Gasteiger partial charge >= 0.3 is 0 Å². The number of benzene rings is 1. The van der Waals surface area contributed by atoms with Gasteiger partial charge in [0, 0.05) is 35.0 Å². The summed E-state index contributed by atoms with van der Waals surface area (Å²) >= 11 is 0. The third-order valence-electron chi connectivity index (χ3n) is 9.60. The Labute approximate surface area is 233 Å².